The summed E-state index contributed by atoms with van der Waals surface area (Å²) in [5.41, 5.74) is 1.17. The Hall–Kier alpha value is -2.14. The number of aromatic nitrogens is 2. The summed E-state index contributed by atoms with van der Waals surface area (Å²) in [6, 6.07) is 8.93. The first-order chi connectivity index (χ1) is 9.85. The number of ether oxygens (including phenoxy) is 1. The minimum Gasteiger partial charge on any atom is -0.444 e. The molecule has 0 bridgehead atoms. The van der Waals surface area contributed by atoms with Gasteiger partial charge in [-0.1, -0.05) is 17.7 Å². The third kappa shape index (κ3) is 4.43. The Morgan fingerprint density at radius 3 is 2.52 bits per heavy atom. The van der Waals surface area contributed by atoms with E-state index in [4.69, 9.17) is 16.3 Å². The molecule has 2 aromatic heterocycles. The van der Waals surface area contributed by atoms with Crippen molar-refractivity contribution in [3.63, 3.8) is 0 Å². The van der Waals surface area contributed by atoms with Crippen LogP contribution < -0.4 is 5.32 Å². The molecule has 0 fully saturated rings. The van der Waals surface area contributed by atoms with E-state index in [2.05, 4.69) is 15.3 Å². The van der Waals surface area contributed by atoms with Gasteiger partial charge in [-0.15, -0.1) is 0 Å². The molecule has 1 N–H and O–H groups in total. The molecule has 0 aromatic carbocycles. The first-order valence-electron chi connectivity index (χ1n) is 6.43. The van der Waals surface area contributed by atoms with E-state index in [1.807, 2.05) is 18.2 Å². The lowest BCUT2D eigenvalue weighted by Crippen LogP contribution is -2.27. The standard InChI is InChI=1S/C15H16ClN3O2/c1-15(2,3)21-14(20)19-12-8-7-11(18-13(12)16)10-6-4-5-9-17-10/h4-9H,1-3H3,(H,19,20). The van der Waals surface area contributed by atoms with Gasteiger partial charge in [-0.25, -0.2) is 9.78 Å². The molecule has 0 aliphatic heterocycles. The Labute approximate surface area is 128 Å². The number of hydrogen-bond acceptors (Lipinski definition) is 4. The molecule has 5 nitrogen and oxygen atoms in total. The zero-order valence-electron chi connectivity index (χ0n) is 12.1. The molecular weight excluding hydrogens is 290 g/mol. The Morgan fingerprint density at radius 1 is 1.19 bits per heavy atom. The van der Waals surface area contributed by atoms with Crippen molar-refractivity contribution in [3.05, 3.63) is 41.7 Å². The molecule has 0 radical (unpaired) electrons. The lowest BCUT2D eigenvalue weighted by Gasteiger charge is -2.19. The maximum Gasteiger partial charge on any atom is 0.412 e. The second kappa shape index (κ2) is 6.10. The number of nitrogens with one attached hydrogen (secondary N) is 1. The largest absolute Gasteiger partial charge is 0.444 e. The summed E-state index contributed by atoms with van der Waals surface area (Å²) < 4.78 is 5.16. The van der Waals surface area contributed by atoms with Crippen LogP contribution in [0.3, 0.4) is 0 Å². The van der Waals surface area contributed by atoms with E-state index < -0.39 is 11.7 Å². The minimum atomic E-state index is -0.572. The highest BCUT2D eigenvalue weighted by atomic mass is 35.5. The number of rotatable bonds is 2. The van der Waals surface area contributed by atoms with E-state index in [1.54, 1.807) is 39.1 Å². The molecule has 2 aromatic rings. The normalized spacial score (nSPS) is 11.0. The molecule has 0 atom stereocenters. The molecule has 110 valence electrons. The smallest absolute Gasteiger partial charge is 0.412 e. The Bertz CT molecular complexity index is 639. The first-order valence-corrected chi connectivity index (χ1v) is 6.81. The quantitative estimate of drug-likeness (QED) is 0.847. The van der Waals surface area contributed by atoms with Gasteiger partial charge in [-0.05, 0) is 45.0 Å². The van der Waals surface area contributed by atoms with Crippen LogP contribution in [-0.2, 0) is 4.74 Å². The van der Waals surface area contributed by atoms with Gasteiger partial charge in [0.05, 0.1) is 17.1 Å². The van der Waals surface area contributed by atoms with E-state index in [0.717, 1.165) is 0 Å². The van der Waals surface area contributed by atoms with Crippen LogP contribution in [-0.4, -0.2) is 21.7 Å². The zero-order chi connectivity index (χ0) is 15.5. The summed E-state index contributed by atoms with van der Waals surface area (Å²) in [5.74, 6) is 0. The number of halogens is 1. The Morgan fingerprint density at radius 2 is 1.95 bits per heavy atom. The third-order valence-electron chi connectivity index (χ3n) is 2.41. The molecule has 0 saturated heterocycles. The molecule has 0 saturated carbocycles. The topological polar surface area (TPSA) is 64.1 Å². The van der Waals surface area contributed by atoms with Crippen molar-refractivity contribution in [1.29, 1.82) is 0 Å². The van der Waals surface area contributed by atoms with E-state index in [0.29, 0.717) is 17.1 Å². The van der Waals surface area contributed by atoms with Crippen molar-refractivity contribution < 1.29 is 9.53 Å². The molecule has 21 heavy (non-hydrogen) atoms. The highest BCUT2D eigenvalue weighted by Gasteiger charge is 2.17. The molecule has 2 heterocycles. The van der Waals surface area contributed by atoms with Gasteiger partial charge in [0.1, 0.15) is 5.60 Å². The average molecular weight is 306 g/mol. The molecule has 0 unspecified atom stereocenters. The van der Waals surface area contributed by atoms with Gasteiger partial charge >= 0.3 is 6.09 Å². The number of hydrogen-bond donors (Lipinski definition) is 1. The summed E-state index contributed by atoms with van der Waals surface area (Å²) in [6.45, 7) is 5.36. The summed E-state index contributed by atoms with van der Waals surface area (Å²) >= 11 is 6.09. The molecule has 2 rings (SSSR count). The zero-order valence-corrected chi connectivity index (χ0v) is 12.8. The van der Waals surface area contributed by atoms with E-state index in [1.165, 1.54) is 0 Å². The van der Waals surface area contributed by atoms with Gasteiger partial charge in [-0.3, -0.25) is 10.3 Å². The van der Waals surface area contributed by atoms with Gasteiger partial charge in [0.15, 0.2) is 5.15 Å². The maximum atomic E-state index is 11.7. The number of carbonyl (C=O) groups is 1. The van der Waals surface area contributed by atoms with Gasteiger partial charge in [0.25, 0.3) is 0 Å². The molecule has 1 amide bonds. The predicted molar refractivity (Wildman–Crippen MR) is 82.3 cm³/mol. The summed E-state index contributed by atoms with van der Waals surface area (Å²) in [5, 5.41) is 2.75. The highest BCUT2D eigenvalue weighted by Crippen LogP contribution is 2.24. The van der Waals surface area contributed by atoms with Crippen molar-refractivity contribution in [2.45, 2.75) is 26.4 Å². The van der Waals surface area contributed by atoms with Gasteiger partial charge in [0.2, 0.25) is 0 Å². The van der Waals surface area contributed by atoms with Crippen LogP contribution in [0.25, 0.3) is 11.4 Å². The second-order valence-corrected chi connectivity index (χ2v) is 5.73. The summed E-state index contributed by atoms with van der Waals surface area (Å²) in [7, 11) is 0. The van der Waals surface area contributed by atoms with Crippen LogP contribution in [0.1, 0.15) is 20.8 Å². The number of amides is 1. The molecule has 0 aliphatic rings. The Kier molecular flexibility index (Phi) is 4.43. The van der Waals surface area contributed by atoms with Crippen molar-refractivity contribution in [2.24, 2.45) is 0 Å². The SMILES string of the molecule is CC(C)(C)OC(=O)Nc1ccc(-c2ccccn2)nc1Cl. The van der Waals surface area contributed by atoms with Crippen LogP contribution in [0.2, 0.25) is 5.15 Å². The summed E-state index contributed by atoms with van der Waals surface area (Å²) in [6.07, 6.45) is 1.11. The molecule has 0 aliphatic carbocycles. The molecule has 0 spiro atoms. The Balaban J connectivity index is 2.15. The van der Waals surface area contributed by atoms with Crippen LogP contribution in [0.15, 0.2) is 36.5 Å². The molecule has 6 heteroatoms. The van der Waals surface area contributed by atoms with Gasteiger partial charge in [0, 0.05) is 6.20 Å². The average Bonchev–Trinajstić information content (AvgIpc) is 2.40. The van der Waals surface area contributed by atoms with Crippen LogP contribution in [0, 0.1) is 0 Å². The van der Waals surface area contributed by atoms with Gasteiger partial charge in [-0.2, -0.15) is 0 Å². The van der Waals surface area contributed by atoms with Crippen molar-refractivity contribution in [1.82, 2.24) is 9.97 Å². The fourth-order valence-corrected chi connectivity index (χ4v) is 1.80. The van der Waals surface area contributed by atoms with Crippen LogP contribution in [0.5, 0.6) is 0 Å². The fourth-order valence-electron chi connectivity index (χ4n) is 1.60. The minimum absolute atomic E-state index is 0.184. The fraction of sp³-hybridized carbons (Fsp3) is 0.267. The maximum absolute atomic E-state index is 11.7. The number of pyridine rings is 2. The monoisotopic (exact) mass is 305 g/mol. The van der Waals surface area contributed by atoms with Crippen LogP contribution >= 0.6 is 11.6 Å². The molecular formula is C15H16ClN3O2. The van der Waals surface area contributed by atoms with Crippen LogP contribution in [0.4, 0.5) is 10.5 Å². The van der Waals surface area contributed by atoms with E-state index in [-0.39, 0.29) is 5.15 Å². The van der Waals surface area contributed by atoms with Gasteiger partial charge < -0.3 is 4.74 Å². The van der Waals surface area contributed by atoms with Crippen molar-refractivity contribution in [2.75, 3.05) is 5.32 Å². The number of nitrogens with zero attached hydrogens (tertiary/aromatic N) is 2. The summed E-state index contributed by atoms with van der Waals surface area (Å²) in [4.78, 5) is 20.1. The van der Waals surface area contributed by atoms with E-state index >= 15 is 0 Å². The van der Waals surface area contributed by atoms with Crippen molar-refractivity contribution in [3.8, 4) is 11.4 Å². The lowest BCUT2D eigenvalue weighted by molar-refractivity contribution is 0.0636. The predicted octanol–water partition coefficient (Wildman–Crippen LogP) is 4.14. The number of anilines is 1. The highest BCUT2D eigenvalue weighted by molar-refractivity contribution is 6.32. The lowest BCUT2D eigenvalue weighted by atomic mass is 10.2. The third-order valence-corrected chi connectivity index (χ3v) is 2.70. The second-order valence-electron chi connectivity index (χ2n) is 5.38. The number of carbonyl (C=O) groups excluding carboxylic acids is 1. The van der Waals surface area contributed by atoms with E-state index in [9.17, 15) is 4.79 Å². The van der Waals surface area contributed by atoms with Crippen molar-refractivity contribution >= 4 is 23.4 Å². The first kappa shape index (κ1) is 15.3.